The van der Waals surface area contributed by atoms with Crippen molar-refractivity contribution >= 4 is 5.91 Å². The first kappa shape index (κ1) is 21.7. The van der Waals surface area contributed by atoms with Gasteiger partial charge in [-0.1, -0.05) is 5.16 Å². The van der Waals surface area contributed by atoms with Crippen LogP contribution < -0.4 is 10.1 Å². The van der Waals surface area contributed by atoms with Crippen LogP contribution in [0.15, 0.2) is 28.8 Å². The summed E-state index contributed by atoms with van der Waals surface area (Å²) in [5.74, 6) is 2.06. The van der Waals surface area contributed by atoms with Gasteiger partial charge in [-0.25, -0.2) is 0 Å². The largest absolute Gasteiger partial charge is 0.497 e. The molecule has 2 saturated heterocycles. The van der Waals surface area contributed by atoms with Gasteiger partial charge in [0.1, 0.15) is 5.75 Å². The van der Waals surface area contributed by atoms with Crippen LogP contribution in [0.4, 0.5) is 0 Å². The van der Waals surface area contributed by atoms with E-state index in [-0.39, 0.29) is 11.8 Å². The van der Waals surface area contributed by atoms with Gasteiger partial charge in [0.25, 0.3) is 0 Å². The predicted octanol–water partition coefficient (Wildman–Crippen LogP) is 1.41. The van der Waals surface area contributed by atoms with Gasteiger partial charge < -0.3 is 19.3 Å². The molecule has 2 aliphatic heterocycles. The number of hydrogen-bond acceptors (Lipinski definition) is 8. The van der Waals surface area contributed by atoms with Crippen molar-refractivity contribution in [3.63, 3.8) is 0 Å². The van der Waals surface area contributed by atoms with Crippen LogP contribution in [0.3, 0.4) is 0 Å². The van der Waals surface area contributed by atoms with E-state index in [1.165, 1.54) is 0 Å². The van der Waals surface area contributed by atoms with Crippen LogP contribution in [-0.4, -0.2) is 85.4 Å². The quantitative estimate of drug-likeness (QED) is 0.673. The summed E-state index contributed by atoms with van der Waals surface area (Å²) in [5.41, 5.74) is 0.881. The summed E-state index contributed by atoms with van der Waals surface area (Å²) in [6.45, 7) is 7.20. The molecule has 3 heterocycles. The van der Waals surface area contributed by atoms with E-state index >= 15 is 0 Å². The summed E-state index contributed by atoms with van der Waals surface area (Å²) in [6.07, 6.45) is 1.90. The number of benzene rings is 1. The maximum absolute atomic E-state index is 12.6. The Labute approximate surface area is 182 Å². The average molecular weight is 430 g/mol. The number of morpholine rings is 1. The lowest BCUT2D eigenvalue weighted by Gasteiger charge is -2.31. The van der Waals surface area contributed by atoms with Crippen molar-refractivity contribution in [3.8, 4) is 17.1 Å². The highest BCUT2D eigenvalue weighted by Gasteiger charge is 2.27. The first-order chi connectivity index (χ1) is 15.2. The molecule has 1 unspecified atom stereocenters. The molecule has 2 aromatic rings. The standard InChI is InChI=1S/C22H31N5O4/c1-29-19-6-4-17(5-7-19)21-24-20(31-25-21)16-27-9-2-3-18(15-27)22(28)23-8-10-26-11-13-30-14-12-26/h4-7,18H,2-3,8-16H2,1H3,(H,23,28). The molecular weight excluding hydrogens is 398 g/mol. The fourth-order valence-electron chi connectivity index (χ4n) is 4.09. The predicted molar refractivity (Wildman–Crippen MR) is 115 cm³/mol. The summed E-state index contributed by atoms with van der Waals surface area (Å²) in [5, 5.41) is 7.21. The molecular formula is C22H31N5O4. The van der Waals surface area contributed by atoms with Gasteiger partial charge in [0.2, 0.25) is 17.6 Å². The third kappa shape index (κ3) is 6.03. The van der Waals surface area contributed by atoms with Gasteiger partial charge in [0, 0.05) is 38.3 Å². The molecule has 1 amide bonds. The van der Waals surface area contributed by atoms with E-state index in [9.17, 15) is 4.79 Å². The minimum absolute atomic E-state index is 0.00224. The number of rotatable bonds is 8. The van der Waals surface area contributed by atoms with Crippen LogP contribution in [0.25, 0.3) is 11.4 Å². The third-order valence-corrected chi connectivity index (χ3v) is 5.88. The Morgan fingerprint density at radius 3 is 2.77 bits per heavy atom. The second-order valence-corrected chi connectivity index (χ2v) is 8.06. The molecule has 0 spiro atoms. The summed E-state index contributed by atoms with van der Waals surface area (Å²) < 4.78 is 16.0. The smallest absolute Gasteiger partial charge is 0.241 e. The van der Waals surface area contributed by atoms with E-state index in [4.69, 9.17) is 14.0 Å². The van der Waals surface area contributed by atoms with Crippen LogP contribution in [0.2, 0.25) is 0 Å². The Morgan fingerprint density at radius 1 is 1.19 bits per heavy atom. The van der Waals surface area contributed by atoms with Crippen LogP contribution >= 0.6 is 0 Å². The summed E-state index contributed by atoms with van der Waals surface area (Å²) in [4.78, 5) is 21.7. The van der Waals surface area contributed by atoms with Gasteiger partial charge in [-0.3, -0.25) is 14.6 Å². The number of methoxy groups -OCH3 is 1. The van der Waals surface area contributed by atoms with Gasteiger partial charge in [0.05, 0.1) is 32.8 Å². The Morgan fingerprint density at radius 2 is 2.00 bits per heavy atom. The third-order valence-electron chi connectivity index (χ3n) is 5.88. The van der Waals surface area contributed by atoms with E-state index in [1.807, 2.05) is 24.3 Å². The number of piperidine rings is 1. The number of ether oxygens (including phenoxy) is 2. The molecule has 1 aromatic heterocycles. The van der Waals surface area contributed by atoms with Gasteiger partial charge in [-0.05, 0) is 43.7 Å². The minimum atomic E-state index is 0.00224. The van der Waals surface area contributed by atoms with E-state index in [1.54, 1.807) is 7.11 Å². The van der Waals surface area contributed by atoms with Crippen LogP contribution in [0.1, 0.15) is 18.7 Å². The topological polar surface area (TPSA) is 93.0 Å². The number of nitrogens with zero attached hydrogens (tertiary/aromatic N) is 4. The molecule has 4 rings (SSSR count). The molecule has 0 aliphatic carbocycles. The van der Waals surface area contributed by atoms with Crippen LogP contribution in [-0.2, 0) is 16.1 Å². The van der Waals surface area contributed by atoms with Crippen molar-refractivity contribution in [2.75, 3.05) is 59.6 Å². The number of likely N-dealkylation sites (tertiary alicyclic amines) is 1. The average Bonchev–Trinajstić information content (AvgIpc) is 3.28. The maximum atomic E-state index is 12.6. The summed E-state index contributed by atoms with van der Waals surface area (Å²) in [7, 11) is 1.64. The lowest BCUT2D eigenvalue weighted by Crippen LogP contribution is -2.45. The zero-order valence-electron chi connectivity index (χ0n) is 18.1. The minimum Gasteiger partial charge on any atom is -0.497 e. The SMILES string of the molecule is COc1ccc(-c2noc(CN3CCCC(C(=O)NCCN4CCOCC4)C3)n2)cc1. The van der Waals surface area contributed by atoms with E-state index in [2.05, 4.69) is 25.3 Å². The highest BCUT2D eigenvalue weighted by Crippen LogP contribution is 2.22. The van der Waals surface area contributed by atoms with E-state index in [0.717, 1.165) is 63.5 Å². The van der Waals surface area contributed by atoms with Gasteiger partial charge in [-0.2, -0.15) is 4.98 Å². The van der Waals surface area contributed by atoms with Crippen molar-refractivity contribution in [1.82, 2.24) is 25.3 Å². The second-order valence-electron chi connectivity index (χ2n) is 8.06. The molecule has 9 heteroatoms. The fourth-order valence-corrected chi connectivity index (χ4v) is 4.09. The molecule has 168 valence electrons. The lowest BCUT2D eigenvalue weighted by atomic mass is 9.97. The van der Waals surface area contributed by atoms with E-state index in [0.29, 0.717) is 31.3 Å². The van der Waals surface area contributed by atoms with E-state index < -0.39 is 0 Å². The van der Waals surface area contributed by atoms with Crippen molar-refractivity contribution < 1.29 is 18.8 Å². The number of nitrogens with one attached hydrogen (secondary N) is 1. The van der Waals surface area contributed by atoms with Crippen LogP contribution in [0.5, 0.6) is 5.75 Å². The Hall–Kier alpha value is -2.49. The summed E-state index contributed by atoms with van der Waals surface area (Å²) in [6, 6.07) is 7.56. The molecule has 1 N–H and O–H groups in total. The van der Waals surface area contributed by atoms with Crippen molar-refractivity contribution in [2.24, 2.45) is 5.92 Å². The maximum Gasteiger partial charge on any atom is 0.241 e. The Kier molecular flexibility index (Phi) is 7.50. The molecule has 2 aliphatic rings. The first-order valence-corrected chi connectivity index (χ1v) is 11.0. The molecule has 0 radical (unpaired) electrons. The monoisotopic (exact) mass is 429 g/mol. The second kappa shape index (κ2) is 10.7. The molecule has 0 saturated carbocycles. The molecule has 1 aromatic carbocycles. The number of hydrogen-bond donors (Lipinski definition) is 1. The molecule has 0 bridgehead atoms. The van der Waals surface area contributed by atoms with Gasteiger partial charge in [0.15, 0.2) is 0 Å². The number of carbonyl (C=O) groups excluding carboxylic acids is 1. The molecule has 2 fully saturated rings. The number of carbonyl (C=O) groups is 1. The van der Waals surface area contributed by atoms with Crippen LogP contribution in [0, 0.1) is 5.92 Å². The summed E-state index contributed by atoms with van der Waals surface area (Å²) >= 11 is 0. The number of aromatic nitrogens is 2. The van der Waals surface area contributed by atoms with Crippen molar-refractivity contribution in [1.29, 1.82) is 0 Å². The molecule has 9 nitrogen and oxygen atoms in total. The Balaban J connectivity index is 1.24. The van der Waals surface area contributed by atoms with Gasteiger partial charge >= 0.3 is 0 Å². The zero-order chi connectivity index (χ0) is 21.5. The fraction of sp³-hybridized carbons (Fsp3) is 0.591. The van der Waals surface area contributed by atoms with Gasteiger partial charge in [-0.15, -0.1) is 0 Å². The molecule has 31 heavy (non-hydrogen) atoms. The Bertz CT molecular complexity index is 835. The highest BCUT2D eigenvalue weighted by molar-refractivity contribution is 5.78. The van der Waals surface area contributed by atoms with Crippen molar-refractivity contribution in [2.45, 2.75) is 19.4 Å². The molecule has 1 atom stereocenters. The highest BCUT2D eigenvalue weighted by atomic mass is 16.5. The zero-order valence-corrected chi connectivity index (χ0v) is 18.1. The van der Waals surface area contributed by atoms with Crippen molar-refractivity contribution in [3.05, 3.63) is 30.2 Å². The normalized spacial score (nSPS) is 20.5. The first-order valence-electron chi connectivity index (χ1n) is 11.0. The number of amides is 1. The lowest BCUT2D eigenvalue weighted by molar-refractivity contribution is -0.126.